The van der Waals surface area contributed by atoms with Crippen molar-refractivity contribution in [2.45, 2.75) is 82.5 Å². The smallest absolute Gasteiger partial charge is 0.256 e. The van der Waals surface area contributed by atoms with E-state index >= 15 is 0 Å². The molecule has 1 saturated heterocycles. The summed E-state index contributed by atoms with van der Waals surface area (Å²) in [5, 5.41) is 7.75. The van der Waals surface area contributed by atoms with Gasteiger partial charge in [0.1, 0.15) is 24.1 Å². The van der Waals surface area contributed by atoms with Crippen molar-refractivity contribution in [3.05, 3.63) is 152 Å². The lowest BCUT2D eigenvalue weighted by Crippen LogP contribution is -2.52. The van der Waals surface area contributed by atoms with Crippen molar-refractivity contribution < 1.29 is 23.9 Å². The molecule has 3 aliphatic rings. The first kappa shape index (κ1) is 36.7. The van der Waals surface area contributed by atoms with Crippen LogP contribution in [0, 0.1) is 0 Å². The molecule has 5 aromatic rings. The lowest BCUT2D eigenvalue weighted by molar-refractivity contribution is -0.136. The van der Waals surface area contributed by atoms with Gasteiger partial charge in [-0.15, -0.1) is 11.3 Å². The molecule has 8 rings (SSSR count). The van der Waals surface area contributed by atoms with Crippen LogP contribution in [0.15, 0.2) is 109 Å². The van der Waals surface area contributed by atoms with Crippen LogP contribution in [-0.2, 0) is 35.7 Å². The number of unbranched alkanes of at least 4 members (excludes halogenated alkanes) is 2. The maximum atomic E-state index is 13.0. The lowest BCUT2D eigenvalue weighted by Gasteiger charge is -2.34. The van der Waals surface area contributed by atoms with Gasteiger partial charge in [-0.3, -0.25) is 19.7 Å². The van der Waals surface area contributed by atoms with E-state index in [-0.39, 0.29) is 18.2 Å². The number of rotatable bonds is 15. The number of fused-ring (bicyclic) bond motifs is 2. The molecule has 2 aliphatic heterocycles. The van der Waals surface area contributed by atoms with Gasteiger partial charge in [0.25, 0.3) is 5.91 Å². The average Bonchev–Trinajstić information content (AvgIpc) is 3.77. The highest BCUT2D eigenvalue weighted by Crippen LogP contribution is 2.46. The maximum Gasteiger partial charge on any atom is 0.256 e. The van der Waals surface area contributed by atoms with Crippen molar-refractivity contribution in [1.29, 1.82) is 0 Å². The summed E-state index contributed by atoms with van der Waals surface area (Å²) in [7, 11) is 0. The molecule has 1 aromatic heterocycles. The molecule has 0 saturated carbocycles. The summed E-state index contributed by atoms with van der Waals surface area (Å²) in [5.74, 6) is 1.67. The zero-order valence-corrected chi connectivity index (χ0v) is 31.8. The number of nitrogens with one attached hydrogen (secondary N) is 2. The Hall–Kier alpha value is -5.25. The molecule has 3 atom stereocenters. The molecule has 3 amide bonds. The number of nitrogens with zero attached hydrogens (tertiary/aromatic N) is 1. The first-order valence-corrected chi connectivity index (χ1v) is 20.4. The van der Waals surface area contributed by atoms with E-state index in [2.05, 4.69) is 102 Å². The molecule has 1 aliphatic carbocycles. The number of ether oxygens (including phenoxy) is 2. The highest BCUT2D eigenvalue weighted by molar-refractivity contribution is 7.10. The van der Waals surface area contributed by atoms with E-state index in [1.54, 1.807) is 4.90 Å². The third-order valence-electron chi connectivity index (χ3n) is 11.3. The molecule has 0 bridgehead atoms. The molecule has 9 heteroatoms. The number of piperidine rings is 1. The second-order valence-corrected chi connectivity index (χ2v) is 15.7. The van der Waals surface area contributed by atoms with Gasteiger partial charge in [-0.2, -0.15) is 0 Å². The van der Waals surface area contributed by atoms with Gasteiger partial charge in [-0.1, -0.05) is 78.9 Å². The Morgan fingerprint density at radius 3 is 2.35 bits per heavy atom. The molecular weight excluding hydrogens is 707 g/mol. The molecular formula is C46H47N3O5S. The fourth-order valence-electron chi connectivity index (χ4n) is 8.33. The van der Waals surface area contributed by atoms with Gasteiger partial charge in [0.2, 0.25) is 11.8 Å². The number of aryl methyl sites for hydroxylation is 1. The summed E-state index contributed by atoms with van der Waals surface area (Å²) in [6.45, 7) is 3.16. The molecule has 55 heavy (non-hydrogen) atoms. The first-order chi connectivity index (χ1) is 27.0. The second kappa shape index (κ2) is 17.0. The van der Waals surface area contributed by atoms with Crippen molar-refractivity contribution in [1.82, 2.24) is 15.5 Å². The van der Waals surface area contributed by atoms with E-state index in [1.165, 1.54) is 39.2 Å². The highest BCUT2D eigenvalue weighted by atomic mass is 32.1. The Morgan fingerprint density at radius 2 is 1.53 bits per heavy atom. The summed E-state index contributed by atoms with van der Waals surface area (Å²) < 4.78 is 12.2. The number of imide groups is 1. The number of amides is 3. The van der Waals surface area contributed by atoms with E-state index < -0.39 is 11.9 Å². The van der Waals surface area contributed by atoms with Crippen LogP contribution < -0.4 is 20.1 Å². The van der Waals surface area contributed by atoms with E-state index in [4.69, 9.17) is 9.47 Å². The monoisotopic (exact) mass is 753 g/mol. The summed E-state index contributed by atoms with van der Waals surface area (Å²) in [4.78, 5) is 39.5. The quantitative estimate of drug-likeness (QED) is 0.0826. The topological polar surface area (TPSA) is 97.0 Å². The highest BCUT2D eigenvalue weighted by Gasteiger charge is 2.40. The van der Waals surface area contributed by atoms with Crippen LogP contribution in [-0.4, -0.2) is 41.8 Å². The van der Waals surface area contributed by atoms with Crippen LogP contribution in [0.3, 0.4) is 0 Å². The lowest BCUT2D eigenvalue weighted by atomic mass is 9.69. The van der Waals surface area contributed by atoms with Crippen molar-refractivity contribution in [3.63, 3.8) is 0 Å². The average molecular weight is 754 g/mol. The molecule has 8 nitrogen and oxygen atoms in total. The van der Waals surface area contributed by atoms with Gasteiger partial charge < -0.3 is 19.7 Å². The first-order valence-electron chi connectivity index (χ1n) is 19.5. The summed E-state index contributed by atoms with van der Waals surface area (Å²) >= 11 is 1.50. The van der Waals surface area contributed by atoms with Crippen LogP contribution in [0.1, 0.15) is 99.0 Å². The Labute approximate surface area is 326 Å². The fraction of sp³-hybridized carbons (Fsp3) is 0.326. The fourth-order valence-corrected chi connectivity index (χ4v) is 9.28. The van der Waals surface area contributed by atoms with Crippen LogP contribution in [0.25, 0.3) is 0 Å². The second-order valence-electron chi connectivity index (χ2n) is 14.8. The predicted octanol–water partition coefficient (Wildman–Crippen LogP) is 8.29. The summed E-state index contributed by atoms with van der Waals surface area (Å²) in [5.41, 5.74) is 8.42. The SMILES string of the molecule is O=C1CCC(N2Cc3c(csc3COc3ccc(CNCCCCCOc4ccc(C5c6ccccc6CCC5c5ccccc5)cc4)cc3)C2=O)C(=O)N1. The number of hydrogen-bond donors (Lipinski definition) is 2. The number of carbonyl (C=O) groups excluding carboxylic acids is 3. The molecule has 3 unspecified atom stereocenters. The van der Waals surface area contributed by atoms with Gasteiger partial charge in [0, 0.05) is 41.2 Å². The Kier molecular flexibility index (Phi) is 11.4. The minimum absolute atomic E-state index is 0.155. The van der Waals surface area contributed by atoms with Crippen molar-refractivity contribution in [3.8, 4) is 11.5 Å². The minimum Gasteiger partial charge on any atom is -0.494 e. The van der Waals surface area contributed by atoms with Crippen LogP contribution in [0.4, 0.5) is 0 Å². The molecule has 3 heterocycles. The number of benzene rings is 4. The normalized spacial score (nSPS) is 19.2. The Balaban J connectivity index is 0.733. The van der Waals surface area contributed by atoms with E-state index in [0.717, 1.165) is 67.1 Å². The van der Waals surface area contributed by atoms with Gasteiger partial charge in [0.15, 0.2) is 0 Å². The number of carbonyl (C=O) groups is 3. The molecule has 0 spiro atoms. The van der Waals surface area contributed by atoms with Crippen molar-refractivity contribution in [2.24, 2.45) is 0 Å². The van der Waals surface area contributed by atoms with Gasteiger partial charge in [0.05, 0.1) is 12.2 Å². The number of hydrogen-bond acceptors (Lipinski definition) is 7. The van der Waals surface area contributed by atoms with Crippen LogP contribution in [0.5, 0.6) is 11.5 Å². The standard InChI is InChI=1S/C46H47N3O5S/c50-43-24-23-41(45(51)48-43)49-28-39-40(46(49)52)30-55-42(39)29-54-36-18-13-31(14-19-36)27-47-25-7-2-8-26-53-35-20-15-34(16-21-35)44-37-12-6-5-11-33(37)17-22-38(44)32-9-3-1-4-10-32/h1,3-6,9-16,18-21,30,38,41,44,47H,2,7-8,17,22-29H2,(H,48,50,51). The van der Waals surface area contributed by atoms with Crippen molar-refractivity contribution in [2.75, 3.05) is 13.2 Å². The zero-order valence-electron chi connectivity index (χ0n) is 31.0. The molecule has 282 valence electrons. The molecule has 1 fully saturated rings. The van der Waals surface area contributed by atoms with Gasteiger partial charge in [-0.25, -0.2) is 0 Å². The third kappa shape index (κ3) is 8.38. The third-order valence-corrected chi connectivity index (χ3v) is 12.3. The number of thiophene rings is 1. The Morgan fingerprint density at radius 1 is 0.764 bits per heavy atom. The molecule has 4 aromatic carbocycles. The predicted molar refractivity (Wildman–Crippen MR) is 214 cm³/mol. The van der Waals surface area contributed by atoms with E-state index in [1.807, 2.05) is 17.5 Å². The maximum absolute atomic E-state index is 13.0. The summed E-state index contributed by atoms with van der Waals surface area (Å²) in [6.07, 6.45) is 6.07. The molecule has 0 radical (unpaired) electrons. The van der Waals surface area contributed by atoms with Gasteiger partial charge in [-0.05, 0) is 103 Å². The van der Waals surface area contributed by atoms with E-state index in [9.17, 15) is 14.4 Å². The Bertz CT molecular complexity index is 2110. The van der Waals surface area contributed by atoms with E-state index in [0.29, 0.717) is 43.6 Å². The minimum atomic E-state index is -0.610. The summed E-state index contributed by atoms with van der Waals surface area (Å²) in [6, 6.07) is 36.2. The van der Waals surface area contributed by atoms with Crippen LogP contribution >= 0.6 is 11.3 Å². The van der Waals surface area contributed by atoms with Crippen LogP contribution in [0.2, 0.25) is 0 Å². The van der Waals surface area contributed by atoms with Gasteiger partial charge >= 0.3 is 0 Å². The molecule has 2 N–H and O–H groups in total. The van der Waals surface area contributed by atoms with Crippen molar-refractivity contribution >= 4 is 29.1 Å². The largest absolute Gasteiger partial charge is 0.494 e. The zero-order chi connectivity index (χ0) is 37.6.